The van der Waals surface area contributed by atoms with Gasteiger partial charge in [-0.3, -0.25) is 4.79 Å². The van der Waals surface area contributed by atoms with Crippen LogP contribution in [0.3, 0.4) is 0 Å². The Bertz CT molecular complexity index is 1040. The van der Waals surface area contributed by atoms with Crippen LogP contribution in [0.5, 0.6) is 0 Å². The van der Waals surface area contributed by atoms with Crippen molar-refractivity contribution in [3.8, 4) is 0 Å². The van der Waals surface area contributed by atoms with E-state index < -0.39 is 50.8 Å². The van der Waals surface area contributed by atoms with E-state index in [1.54, 1.807) is 30.3 Å². The Labute approximate surface area is 155 Å². The first-order valence-corrected chi connectivity index (χ1v) is 9.23. The first kappa shape index (κ1) is 16.9. The zero-order valence-electron chi connectivity index (χ0n) is 14.1. The highest BCUT2D eigenvalue weighted by Gasteiger charge is 2.40. The summed E-state index contributed by atoms with van der Waals surface area (Å²) < 4.78 is 56.6. The highest BCUT2D eigenvalue weighted by molar-refractivity contribution is 7.86. The maximum atomic E-state index is 14.1. The molecule has 1 heterocycles. The Morgan fingerprint density at radius 1 is 1.27 bits per heavy atom. The van der Waals surface area contributed by atoms with Crippen molar-refractivity contribution in [3.63, 3.8) is 0 Å². The minimum Gasteiger partial charge on any atom is -0.460 e. The zero-order chi connectivity index (χ0) is 19.8. The number of hydrogen-bond donors (Lipinski definition) is 1. The molecule has 26 heavy (non-hydrogen) atoms. The molecule has 1 atom stereocenters. The molecule has 0 radical (unpaired) electrons. The minimum atomic E-state index is -4.27. The number of carbonyl (C=O) groups is 1. The minimum absolute atomic E-state index is 0.0492. The average Bonchev–Trinajstić information content (AvgIpc) is 2.79. The van der Waals surface area contributed by atoms with E-state index in [4.69, 9.17) is 27.6 Å². The number of rotatable bonds is 5. The van der Waals surface area contributed by atoms with Crippen molar-refractivity contribution in [2.24, 2.45) is 5.73 Å². The average molecular weight is 399 g/mol. The van der Waals surface area contributed by atoms with Gasteiger partial charge in [-0.1, -0.05) is 48.0 Å². The van der Waals surface area contributed by atoms with E-state index in [0.717, 1.165) is 12.1 Å². The third-order valence-corrected chi connectivity index (χ3v) is 4.76. The number of hydrogen-bond acceptors (Lipinski definition) is 6. The van der Waals surface area contributed by atoms with Crippen LogP contribution in [0.2, 0.25) is 5.02 Å². The SMILES string of the molecule is [2H][C@@]1(c2ccc(Cl)cc2F)OC(N)=C(OS(=O)(=O)Cc2ccccc2)C1=O. The normalized spacial score (nSPS) is 20.7. The molecule has 2 aromatic rings. The van der Waals surface area contributed by atoms with Crippen LogP contribution in [0.4, 0.5) is 4.39 Å². The summed E-state index contributed by atoms with van der Waals surface area (Å²) >= 11 is 5.66. The van der Waals surface area contributed by atoms with Crippen molar-refractivity contribution in [2.75, 3.05) is 0 Å². The van der Waals surface area contributed by atoms with Crippen LogP contribution >= 0.6 is 11.6 Å². The predicted molar refractivity (Wildman–Crippen MR) is 91.6 cm³/mol. The molecule has 0 amide bonds. The molecule has 1 aliphatic rings. The fourth-order valence-electron chi connectivity index (χ4n) is 2.28. The largest absolute Gasteiger partial charge is 0.460 e. The van der Waals surface area contributed by atoms with Crippen LogP contribution in [0.1, 0.15) is 18.6 Å². The standard InChI is InChI=1S/C17H13ClFNO5S/c18-11-6-7-12(13(19)8-11)15-14(21)16(17(20)24-15)25-26(22,23)9-10-4-2-1-3-5-10/h1-8,15H,9,20H2/t15-/m0/s1/i15D. The number of Topliss-reactive ketones (excluding diaryl/α,β-unsaturated/α-hetero) is 1. The van der Waals surface area contributed by atoms with Gasteiger partial charge in [-0.25, -0.2) is 4.39 Å². The van der Waals surface area contributed by atoms with E-state index in [9.17, 15) is 17.6 Å². The lowest BCUT2D eigenvalue weighted by atomic mass is 10.1. The van der Waals surface area contributed by atoms with Gasteiger partial charge < -0.3 is 14.7 Å². The van der Waals surface area contributed by atoms with Crippen molar-refractivity contribution in [1.29, 1.82) is 0 Å². The Morgan fingerprint density at radius 2 is 1.96 bits per heavy atom. The van der Waals surface area contributed by atoms with Crippen LogP contribution in [0, 0.1) is 5.82 Å². The molecule has 136 valence electrons. The molecule has 0 aromatic heterocycles. The number of ether oxygens (including phenoxy) is 1. The first-order valence-electron chi connectivity index (χ1n) is 7.77. The van der Waals surface area contributed by atoms with E-state index in [0.29, 0.717) is 5.56 Å². The van der Waals surface area contributed by atoms with Gasteiger partial charge >= 0.3 is 10.1 Å². The highest BCUT2D eigenvalue weighted by Crippen LogP contribution is 2.34. The van der Waals surface area contributed by atoms with Crippen molar-refractivity contribution < 1.29 is 27.9 Å². The maximum absolute atomic E-state index is 14.1. The molecule has 3 rings (SSSR count). The fraction of sp³-hybridized carbons (Fsp3) is 0.118. The summed E-state index contributed by atoms with van der Waals surface area (Å²) in [5, 5.41) is 0.0492. The monoisotopic (exact) mass is 398 g/mol. The van der Waals surface area contributed by atoms with Crippen molar-refractivity contribution in [2.45, 2.75) is 11.8 Å². The van der Waals surface area contributed by atoms with Crippen LogP contribution in [0.25, 0.3) is 0 Å². The van der Waals surface area contributed by atoms with Gasteiger partial charge in [0.1, 0.15) is 11.6 Å². The fourth-order valence-corrected chi connectivity index (χ4v) is 3.51. The molecule has 0 saturated heterocycles. The van der Waals surface area contributed by atoms with E-state index in [-0.39, 0.29) is 5.02 Å². The third kappa shape index (κ3) is 3.81. The van der Waals surface area contributed by atoms with Gasteiger partial charge in [0.05, 0.1) is 1.37 Å². The summed E-state index contributed by atoms with van der Waals surface area (Å²) in [4.78, 5) is 12.6. The lowest BCUT2D eigenvalue weighted by Crippen LogP contribution is -2.16. The second kappa shape index (κ2) is 6.97. The predicted octanol–water partition coefficient (Wildman–Crippen LogP) is 2.79. The number of carbonyl (C=O) groups excluding carboxylic acids is 1. The Morgan fingerprint density at radius 3 is 2.62 bits per heavy atom. The Kier molecular flexibility index (Phi) is 4.52. The molecular weight excluding hydrogens is 385 g/mol. The van der Waals surface area contributed by atoms with E-state index >= 15 is 0 Å². The van der Waals surface area contributed by atoms with Crippen molar-refractivity contribution in [1.82, 2.24) is 0 Å². The van der Waals surface area contributed by atoms with Gasteiger partial charge in [0.15, 0.2) is 6.08 Å². The molecule has 2 N–H and O–H groups in total. The molecule has 6 nitrogen and oxygen atoms in total. The van der Waals surface area contributed by atoms with Crippen LogP contribution in [-0.4, -0.2) is 14.2 Å². The molecule has 0 aliphatic carbocycles. The van der Waals surface area contributed by atoms with Crippen LogP contribution < -0.4 is 5.73 Å². The van der Waals surface area contributed by atoms with Crippen molar-refractivity contribution >= 4 is 27.5 Å². The Balaban J connectivity index is 1.87. The van der Waals surface area contributed by atoms with Gasteiger partial charge in [-0.2, -0.15) is 8.42 Å². The van der Waals surface area contributed by atoms with E-state index in [2.05, 4.69) is 0 Å². The van der Waals surface area contributed by atoms with Gasteiger partial charge in [-0.05, 0) is 17.7 Å². The molecule has 0 spiro atoms. The van der Waals surface area contributed by atoms with Crippen molar-refractivity contribution in [3.05, 3.63) is 82.1 Å². The molecule has 2 aromatic carbocycles. The number of benzene rings is 2. The summed E-state index contributed by atoms with van der Waals surface area (Å²) in [6.07, 6.45) is -2.61. The molecular formula is C17H13ClFNO5S. The molecule has 9 heteroatoms. The topological polar surface area (TPSA) is 95.7 Å². The lowest BCUT2D eigenvalue weighted by molar-refractivity contribution is -0.123. The summed E-state index contributed by atoms with van der Waals surface area (Å²) in [7, 11) is -4.27. The number of ketones is 1. The molecule has 0 bridgehead atoms. The number of nitrogens with two attached hydrogens (primary N) is 1. The van der Waals surface area contributed by atoms with Gasteiger partial charge in [-0.15, -0.1) is 0 Å². The van der Waals surface area contributed by atoms with Gasteiger partial charge in [0.25, 0.3) is 0 Å². The first-order chi connectivity index (χ1) is 12.6. The second-order valence-electron chi connectivity index (χ2n) is 5.35. The molecule has 0 saturated carbocycles. The summed E-state index contributed by atoms with van der Waals surface area (Å²) in [5.41, 5.74) is 5.49. The third-order valence-electron chi connectivity index (χ3n) is 3.42. The lowest BCUT2D eigenvalue weighted by Gasteiger charge is -2.11. The van der Waals surface area contributed by atoms with Crippen LogP contribution in [0.15, 0.2) is 60.2 Å². The van der Waals surface area contributed by atoms with E-state index in [1.807, 2.05) is 0 Å². The Hall–Kier alpha value is -2.58. The summed E-state index contributed by atoms with van der Waals surface area (Å²) in [6, 6.07) is 11.3. The maximum Gasteiger partial charge on any atom is 0.313 e. The smallest absolute Gasteiger partial charge is 0.313 e. The quantitative estimate of drug-likeness (QED) is 0.778. The molecule has 0 unspecified atom stereocenters. The molecule has 0 fully saturated rings. The van der Waals surface area contributed by atoms with Gasteiger partial charge in [0.2, 0.25) is 17.4 Å². The van der Waals surface area contributed by atoms with E-state index in [1.165, 1.54) is 6.07 Å². The molecule has 1 aliphatic heterocycles. The summed E-state index contributed by atoms with van der Waals surface area (Å²) in [5.74, 6) is -4.33. The second-order valence-corrected chi connectivity index (χ2v) is 7.36. The number of halogens is 2. The van der Waals surface area contributed by atoms with Crippen LogP contribution in [-0.2, 0) is 29.6 Å². The summed E-state index contributed by atoms with van der Waals surface area (Å²) in [6.45, 7) is 0. The zero-order valence-corrected chi connectivity index (χ0v) is 14.7. The van der Waals surface area contributed by atoms with Gasteiger partial charge in [0, 0.05) is 10.6 Å². The highest BCUT2D eigenvalue weighted by atomic mass is 35.5.